The Bertz CT molecular complexity index is 1560. The summed E-state index contributed by atoms with van der Waals surface area (Å²) in [4.78, 5) is 46.0. The average Bonchev–Trinajstić information content (AvgIpc) is 3.49. The lowest BCUT2D eigenvalue weighted by Crippen LogP contribution is -2.61. The molecule has 3 aromatic heterocycles. The summed E-state index contributed by atoms with van der Waals surface area (Å²) >= 11 is 2.01. The molecule has 0 aromatic carbocycles. The van der Waals surface area contributed by atoms with Crippen molar-refractivity contribution >= 4 is 63.3 Å². The summed E-state index contributed by atoms with van der Waals surface area (Å²) in [5.74, 6) is -4.77. The zero-order chi connectivity index (χ0) is 25.8. The van der Waals surface area contributed by atoms with Gasteiger partial charge in [-0.1, -0.05) is 11.8 Å². The fourth-order valence-electron chi connectivity index (χ4n) is 4.04. The van der Waals surface area contributed by atoms with Crippen LogP contribution < -0.4 is 16.5 Å². The maximum absolute atomic E-state index is 14.5. The van der Waals surface area contributed by atoms with Gasteiger partial charge in [0.2, 0.25) is 5.91 Å². The number of aliphatic carboxylic acids is 1. The second-order valence-corrected chi connectivity index (χ2v) is 9.77. The zero-order valence-corrected chi connectivity index (χ0v) is 19.8. The van der Waals surface area contributed by atoms with Gasteiger partial charge in [0.05, 0.1) is 29.4 Å². The number of nitrogens with zero attached hydrogens (tertiary/aromatic N) is 6. The van der Waals surface area contributed by atoms with Crippen LogP contribution in [0.5, 0.6) is 0 Å². The molecule has 5 rings (SSSR count). The Morgan fingerprint density at radius 1 is 1.44 bits per heavy atom. The number of aromatic nitrogens is 4. The summed E-state index contributed by atoms with van der Waals surface area (Å²) in [6.45, 7) is 0. The molecule has 2 atom stereocenters. The molecule has 5 N–H and O–H groups in total. The molecule has 0 radical (unpaired) electrons. The van der Waals surface area contributed by atoms with Crippen LogP contribution in [0.25, 0.3) is 11.3 Å². The molecule has 1 unspecified atom stereocenters. The SMILES string of the molecule is CON=C(F)C(=O)NC1(c2csc(N)n2)S[C@H]2CC(=O)N2C(C(=O)O)=C1n1ccc(=N)n2nccc12. The van der Waals surface area contributed by atoms with Gasteiger partial charge in [-0.25, -0.2) is 9.78 Å². The van der Waals surface area contributed by atoms with E-state index in [9.17, 15) is 23.9 Å². The number of carbonyl (C=O) groups is 3. The fourth-order valence-corrected chi connectivity index (χ4v) is 6.37. The Hall–Kier alpha value is -4.25. The van der Waals surface area contributed by atoms with Crippen molar-refractivity contribution in [2.24, 2.45) is 5.16 Å². The fraction of sp³-hybridized carbons (Fsp3) is 0.211. The standard InChI is InChI=1S/C19H16FN9O5S2/c1-34-26-15(20)16(31)25-19(8-7-35-18(22)24-8)14(13(17(32)33)28-11(30)6-12(28)36-19)27-5-3-9(21)29-10(27)2-4-23-29/h2-5,7,12,21H,6H2,1H3,(H2,22,24)(H,25,31)(H,32,33)/t12-,19?/m0/s1. The number of halogens is 1. The molecule has 0 aliphatic carbocycles. The minimum Gasteiger partial charge on any atom is -0.477 e. The predicted octanol–water partition coefficient (Wildman–Crippen LogP) is 0.111. The van der Waals surface area contributed by atoms with E-state index in [1.54, 1.807) is 0 Å². The first kappa shape index (κ1) is 23.5. The van der Waals surface area contributed by atoms with Gasteiger partial charge < -0.3 is 21.0 Å². The molecule has 2 aliphatic rings. The number of carboxylic acid groups (broad SMARTS) is 1. The highest BCUT2D eigenvalue weighted by Crippen LogP contribution is 2.55. The van der Waals surface area contributed by atoms with Crippen LogP contribution in [0.1, 0.15) is 12.1 Å². The first-order valence-corrected chi connectivity index (χ1v) is 11.8. The molecule has 0 bridgehead atoms. The number of anilines is 1. The minimum atomic E-state index is -1.86. The van der Waals surface area contributed by atoms with E-state index in [1.165, 1.54) is 39.0 Å². The largest absolute Gasteiger partial charge is 0.477 e. The van der Waals surface area contributed by atoms with E-state index in [0.29, 0.717) is 0 Å². The summed E-state index contributed by atoms with van der Waals surface area (Å²) in [6, 6.07) is 2.85. The van der Waals surface area contributed by atoms with Crippen LogP contribution in [0.3, 0.4) is 0 Å². The highest BCUT2D eigenvalue weighted by Gasteiger charge is 2.58. The van der Waals surface area contributed by atoms with Crippen LogP contribution in [-0.4, -0.2) is 65.4 Å². The van der Waals surface area contributed by atoms with Gasteiger partial charge >= 0.3 is 17.8 Å². The Morgan fingerprint density at radius 2 is 2.22 bits per heavy atom. The third kappa shape index (κ3) is 3.42. The van der Waals surface area contributed by atoms with E-state index in [2.05, 4.69) is 25.4 Å². The number of nitrogens with one attached hydrogen (secondary N) is 2. The molecule has 0 spiro atoms. The van der Waals surface area contributed by atoms with Crippen LogP contribution in [0.4, 0.5) is 9.52 Å². The number of β-lactam (4-membered cyclic amide) rings is 1. The topological polar surface area (TPSA) is 193 Å². The summed E-state index contributed by atoms with van der Waals surface area (Å²) in [7, 11) is 1.06. The Morgan fingerprint density at radius 3 is 2.86 bits per heavy atom. The van der Waals surface area contributed by atoms with Gasteiger partial charge in [0.25, 0.3) is 0 Å². The molecular formula is C19H16FN9O5S2. The number of hydrogen-bond acceptors (Lipinski definition) is 11. The second kappa shape index (κ2) is 8.45. The quantitative estimate of drug-likeness (QED) is 0.193. The van der Waals surface area contributed by atoms with E-state index in [4.69, 9.17) is 11.1 Å². The maximum atomic E-state index is 14.5. The number of amides is 2. The summed E-state index contributed by atoms with van der Waals surface area (Å²) in [6.07, 6.45) is 2.75. The monoisotopic (exact) mass is 533 g/mol. The van der Waals surface area contributed by atoms with Gasteiger partial charge in [-0.15, -0.1) is 11.3 Å². The van der Waals surface area contributed by atoms with Crippen molar-refractivity contribution in [2.75, 3.05) is 12.8 Å². The number of nitrogen functional groups attached to an aromatic ring is 1. The highest BCUT2D eigenvalue weighted by atomic mass is 32.2. The van der Waals surface area contributed by atoms with Crippen LogP contribution in [-0.2, 0) is 24.1 Å². The molecule has 3 aromatic rings. The van der Waals surface area contributed by atoms with Gasteiger partial charge in [-0.2, -0.15) is 14.0 Å². The number of hydrogen-bond donors (Lipinski definition) is 4. The van der Waals surface area contributed by atoms with Crippen LogP contribution in [0, 0.1) is 5.41 Å². The number of rotatable bonds is 6. The van der Waals surface area contributed by atoms with Crippen molar-refractivity contribution in [2.45, 2.75) is 16.7 Å². The molecule has 14 nitrogen and oxygen atoms in total. The molecule has 1 fully saturated rings. The van der Waals surface area contributed by atoms with Crippen molar-refractivity contribution in [1.29, 1.82) is 5.41 Å². The predicted molar refractivity (Wildman–Crippen MR) is 125 cm³/mol. The Balaban J connectivity index is 1.88. The minimum absolute atomic E-state index is 0.0177. The third-order valence-corrected chi connectivity index (χ3v) is 7.65. The first-order valence-electron chi connectivity index (χ1n) is 10.1. The summed E-state index contributed by atoms with van der Waals surface area (Å²) in [5.41, 5.74) is 5.58. The zero-order valence-electron chi connectivity index (χ0n) is 18.2. The van der Waals surface area contributed by atoms with Crippen molar-refractivity contribution < 1.29 is 28.7 Å². The number of thiazole rings is 1. The lowest BCUT2D eigenvalue weighted by Gasteiger charge is -2.51. The van der Waals surface area contributed by atoms with E-state index in [-0.39, 0.29) is 34.1 Å². The molecule has 36 heavy (non-hydrogen) atoms. The second-order valence-electron chi connectivity index (χ2n) is 7.49. The summed E-state index contributed by atoms with van der Waals surface area (Å²) in [5, 5.41) is 28.9. The average molecular weight is 534 g/mol. The number of fused-ring (bicyclic) bond motifs is 2. The normalized spacial score (nSPS) is 21.8. The molecule has 186 valence electrons. The molecule has 1 saturated heterocycles. The first-order chi connectivity index (χ1) is 17.2. The lowest BCUT2D eigenvalue weighted by molar-refractivity contribution is -0.146. The van der Waals surface area contributed by atoms with Crippen LogP contribution in [0.2, 0.25) is 0 Å². The van der Waals surface area contributed by atoms with Gasteiger partial charge in [-0.3, -0.25) is 24.5 Å². The molecule has 17 heteroatoms. The van der Waals surface area contributed by atoms with E-state index >= 15 is 0 Å². The third-order valence-electron chi connectivity index (χ3n) is 5.47. The molecule has 0 saturated carbocycles. The number of nitrogens with two attached hydrogens (primary N) is 1. The van der Waals surface area contributed by atoms with E-state index in [0.717, 1.165) is 35.1 Å². The number of oxime groups is 1. The summed E-state index contributed by atoms with van der Waals surface area (Å²) < 4.78 is 17.0. The van der Waals surface area contributed by atoms with Crippen LogP contribution >= 0.6 is 23.1 Å². The molecular weight excluding hydrogens is 517 g/mol. The smallest absolute Gasteiger partial charge is 0.354 e. The number of thioether (sulfide) groups is 1. The van der Waals surface area contributed by atoms with Gasteiger partial charge in [0.15, 0.2) is 15.7 Å². The number of carbonyl (C=O) groups excluding carboxylic acids is 2. The maximum Gasteiger partial charge on any atom is 0.354 e. The number of carboxylic acids is 1. The molecule has 2 aliphatic heterocycles. The Labute approximate surface area is 208 Å². The van der Waals surface area contributed by atoms with Gasteiger partial charge in [0.1, 0.15) is 18.2 Å². The van der Waals surface area contributed by atoms with Crippen molar-refractivity contribution in [1.82, 2.24) is 29.4 Å². The van der Waals surface area contributed by atoms with Crippen molar-refractivity contribution in [3.63, 3.8) is 0 Å². The van der Waals surface area contributed by atoms with Crippen molar-refractivity contribution in [3.8, 4) is 0 Å². The van der Waals surface area contributed by atoms with Gasteiger partial charge in [-0.05, 0) is 11.2 Å². The van der Waals surface area contributed by atoms with E-state index in [1.807, 2.05) is 0 Å². The molecule has 5 heterocycles. The highest BCUT2D eigenvalue weighted by molar-refractivity contribution is 8.01. The van der Waals surface area contributed by atoms with Crippen molar-refractivity contribution in [3.05, 3.63) is 46.8 Å². The Kier molecular flexibility index (Phi) is 5.51. The van der Waals surface area contributed by atoms with E-state index < -0.39 is 39.7 Å². The lowest BCUT2D eigenvalue weighted by atomic mass is 10.0. The van der Waals surface area contributed by atoms with Crippen LogP contribution in [0.15, 0.2) is 40.8 Å². The van der Waals surface area contributed by atoms with Gasteiger partial charge in [0, 0.05) is 17.6 Å². The molecule has 2 amide bonds.